The molecule has 0 bridgehead atoms. The molecule has 0 aromatic carbocycles. The van der Waals surface area contributed by atoms with E-state index in [-0.39, 0.29) is 0 Å². The second kappa shape index (κ2) is 2.18. The maximum Gasteiger partial charge on any atom is 0.359 e. The lowest BCUT2D eigenvalue weighted by Gasteiger charge is -1.94. The summed E-state index contributed by atoms with van der Waals surface area (Å²) >= 11 is 2.90. The second-order valence-corrected chi connectivity index (χ2v) is 2.14. The van der Waals surface area contributed by atoms with Crippen LogP contribution in [0.2, 0.25) is 0 Å². The van der Waals surface area contributed by atoms with Crippen LogP contribution in [0.15, 0.2) is 17.1 Å². The molecule has 9 heavy (non-hydrogen) atoms. The Hall–Kier alpha value is -0.840. The molecular weight excluding hydrogens is 186 g/mol. The average Bonchev–Trinajstić information content (AvgIpc) is 1.83. The normalized spacial score (nSPS) is 9.44. The Kier molecular flexibility index (Phi) is 1.52. The smallest absolute Gasteiger partial charge is 0.359 e. The van der Waals surface area contributed by atoms with E-state index in [1.807, 2.05) is 0 Å². The van der Waals surface area contributed by atoms with Gasteiger partial charge in [0.05, 0.1) is 16.1 Å². The molecule has 0 unspecified atom stereocenters. The van der Waals surface area contributed by atoms with Crippen molar-refractivity contribution in [3.8, 4) is 0 Å². The van der Waals surface area contributed by atoms with Crippen molar-refractivity contribution in [2.75, 3.05) is 5.73 Å². The molecule has 0 aliphatic carbocycles. The number of hydrogen-bond donors (Lipinski definition) is 1. The van der Waals surface area contributed by atoms with Crippen molar-refractivity contribution in [3.63, 3.8) is 0 Å². The molecule has 1 heterocycles. The molecule has 1 aromatic heterocycles. The van der Waals surface area contributed by atoms with Crippen LogP contribution in [-0.4, -0.2) is 8.58 Å². The van der Waals surface area contributed by atoms with Crippen molar-refractivity contribution in [1.82, 2.24) is 8.58 Å². The van der Waals surface area contributed by atoms with Crippen LogP contribution in [0.4, 0.5) is 5.82 Å². The van der Waals surface area contributed by atoms with Gasteiger partial charge in [0.15, 0.2) is 0 Å². The molecule has 0 amide bonds. The molecule has 0 aliphatic heterocycles. The van der Waals surface area contributed by atoms with Gasteiger partial charge in [-0.25, -0.2) is 13.4 Å². The van der Waals surface area contributed by atoms with Gasteiger partial charge in [-0.3, -0.25) is 0 Å². The SMILES string of the molecule is Nc1ccnc(=O)n1Br. The zero-order valence-corrected chi connectivity index (χ0v) is 6.00. The third kappa shape index (κ3) is 1.10. The monoisotopic (exact) mass is 189 g/mol. The van der Waals surface area contributed by atoms with E-state index in [9.17, 15) is 4.79 Å². The number of anilines is 1. The van der Waals surface area contributed by atoms with E-state index in [4.69, 9.17) is 5.73 Å². The van der Waals surface area contributed by atoms with Crippen molar-refractivity contribution in [3.05, 3.63) is 22.7 Å². The summed E-state index contributed by atoms with van der Waals surface area (Å²) in [6.45, 7) is 0. The summed E-state index contributed by atoms with van der Waals surface area (Å²) in [5, 5.41) is 0. The van der Waals surface area contributed by atoms with Crippen molar-refractivity contribution in [2.24, 2.45) is 0 Å². The van der Waals surface area contributed by atoms with Gasteiger partial charge >= 0.3 is 5.69 Å². The maximum atomic E-state index is 10.6. The highest BCUT2D eigenvalue weighted by atomic mass is 79.9. The highest BCUT2D eigenvalue weighted by molar-refractivity contribution is 9.08. The molecule has 0 saturated heterocycles. The van der Waals surface area contributed by atoms with Crippen LogP contribution in [0.3, 0.4) is 0 Å². The van der Waals surface area contributed by atoms with Crippen LogP contribution < -0.4 is 11.4 Å². The number of halogens is 1. The molecule has 1 rings (SSSR count). The van der Waals surface area contributed by atoms with Gasteiger partial charge in [-0.1, -0.05) is 0 Å². The van der Waals surface area contributed by atoms with Gasteiger partial charge in [0.1, 0.15) is 5.82 Å². The third-order valence-corrected chi connectivity index (χ3v) is 1.54. The topological polar surface area (TPSA) is 60.9 Å². The summed E-state index contributed by atoms with van der Waals surface area (Å²) in [5.74, 6) is 0.343. The van der Waals surface area contributed by atoms with E-state index in [2.05, 4.69) is 21.1 Å². The zero-order valence-electron chi connectivity index (χ0n) is 4.41. The standard InChI is InChI=1S/C4H4BrN3O/c5-8-3(6)1-2-7-4(8)9/h1-2H,6H2. The van der Waals surface area contributed by atoms with Crippen LogP contribution in [0.5, 0.6) is 0 Å². The first-order chi connectivity index (χ1) is 4.22. The lowest BCUT2D eigenvalue weighted by molar-refractivity contribution is 1.05. The Morgan fingerprint density at radius 1 is 1.78 bits per heavy atom. The summed E-state index contributed by atoms with van der Waals surface area (Å²) in [7, 11) is 0. The fraction of sp³-hybridized carbons (Fsp3) is 0. The summed E-state index contributed by atoms with van der Waals surface area (Å²) in [5.41, 5.74) is 4.89. The molecule has 0 fully saturated rings. The predicted octanol–water partition coefficient (Wildman–Crippen LogP) is -0.0165. The van der Waals surface area contributed by atoms with Crippen molar-refractivity contribution in [2.45, 2.75) is 0 Å². The average molecular weight is 190 g/mol. The maximum absolute atomic E-state index is 10.6. The molecule has 0 aliphatic rings. The van der Waals surface area contributed by atoms with E-state index in [0.717, 1.165) is 3.59 Å². The van der Waals surface area contributed by atoms with Gasteiger partial charge in [0, 0.05) is 6.20 Å². The molecule has 0 atom stereocenters. The minimum absolute atomic E-state index is 0.343. The first kappa shape index (κ1) is 6.28. The molecule has 0 radical (unpaired) electrons. The van der Waals surface area contributed by atoms with Gasteiger partial charge in [-0.2, -0.15) is 0 Å². The van der Waals surface area contributed by atoms with E-state index in [0.29, 0.717) is 5.82 Å². The van der Waals surface area contributed by atoms with Crippen molar-refractivity contribution in [1.29, 1.82) is 0 Å². The predicted molar refractivity (Wildman–Crippen MR) is 37.2 cm³/mol. The molecule has 0 spiro atoms. The number of rotatable bonds is 0. The van der Waals surface area contributed by atoms with Gasteiger partial charge in [-0.05, 0) is 6.07 Å². The molecule has 0 saturated carbocycles. The van der Waals surface area contributed by atoms with Gasteiger partial charge in [0.25, 0.3) is 0 Å². The first-order valence-corrected chi connectivity index (χ1v) is 2.92. The fourth-order valence-electron chi connectivity index (χ4n) is 0.404. The summed E-state index contributed by atoms with van der Waals surface area (Å²) in [6.07, 6.45) is 1.36. The van der Waals surface area contributed by atoms with E-state index in [1.165, 1.54) is 12.3 Å². The number of hydrogen-bond acceptors (Lipinski definition) is 3. The number of nitrogen functional groups attached to an aromatic ring is 1. The molecular formula is C4H4BrN3O. The Balaban J connectivity index is 3.43. The van der Waals surface area contributed by atoms with Crippen LogP contribution in [0, 0.1) is 0 Å². The van der Waals surface area contributed by atoms with Crippen LogP contribution >= 0.6 is 16.1 Å². The third-order valence-electron chi connectivity index (χ3n) is 0.825. The number of nitrogens with two attached hydrogens (primary N) is 1. The highest BCUT2D eigenvalue weighted by Gasteiger charge is 1.92. The van der Waals surface area contributed by atoms with Crippen LogP contribution in [-0.2, 0) is 0 Å². The molecule has 5 heteroatoms. The Morgan fingerprint density at radius 2 is 2.44 bits per heavy atom. The van der Waals surface area contributed by atoms with Crippen LogP contribution in [0.25, 0.3) is 0 Å². The lowest BCUT2D eigenvalue weighted by Crippen LogP contribution is -2.17. The Bertz CT molecular complexity index is 269. The van der Waals surface area contributed by atoms with Gasteiger partial charge in [0.2, 0.25) is 0 Å². The summed E-state index contributed by atoms with van der Waals surface area (Å²) in [6, 6.07) is 1.52. The van der Waals surface area contributed by atoms with E-state index >= 15 is 0 Å². The zero-order chi connectivity index (χ0) is 6.85. The quantitative estimate of drug-likeness (QED) is 0.625. The minimum atomic E-state index is -0.407. The summed E-state index contributed by atoms with van der Waals surface area (Å²) in [4.78, 5) is 14.0. The van der Waals surface area contributed by atoms with Crippen molar-refractivity contribution < 1.29 is 0 Å². The molecule has 1 aromatic rings. The highest BCUT2D eigenvalue weighted by Crippen LogP contribution is 1.97. The Labute approximate surface area is 59.7 Å². The number of nitrogens with zero attached hydrogens (tertiary/aromatic N) is 2. The van der Waals surface area contributed by atoms with Gasteiger partial charge < -0.3 is 5.73 Å². The first-order valence-electron chi connectivity index (χ1n) is 2.21. The van der Waals surface area contributed by atoms with E-state index < -0.39 is 5.69 Å². The van der Waals surface area contributed by atoms with Gasteiger partial charge in [-0.15, -0.1) is 0 Å². The molecule has 4 nitrogen and oxygen atoms in total. The fourth-order valence-corrected chi connectivity index (χ4v) is 0.614. The number of aromatic nitrogens is 2. The Morgan fingerprint density at radius 3 is 2.89 bits per heavy atom. The van der Waals surface area contributed by atoms with Crippen molar-refractivity contribution >= 4 is 22.0 Å². The summed E-state index contributed by atoms with van der Waals surface area (Å²) < 4.78 is 1.09. The second-order valence-electron chi connectivity index (χ2n) is 1.43. The molecule has 48 valence electrons. The van der Waals surface area contributed by atoms with E-state index in [1.54, 1.807) is 0 Å². The lowest BCUT2D eigenvalue weighted by atomic mass is 10.6. The molecule has 2 N–H and O–H groups in total. The van der Waals surface area contributed by atoms with Crippen LogP contribution in [0.1, 0.15) is 0 Å². The minimum Gasteiger partial charge on any atom is -0.384 e. The largest absolute Gasteiger partial charge is 0.384 e.